The quantitative estimate of drug-likeness (QED) is 0.842. The molecule has 25 heavy (non-hydrogen) atoms. The summed E-state index contributed by atoms with van der Waals surface area (Å²) in [5.41, 5.74) is 2.03. The normalized spacial score (nSPS) is 14.4. The third-order valence-corrected chi connectivity index (χ3v) is 4.37. The molecule has 0 aliphatic rings. The predicted molar refractivity (Wildman–Crippen MR) is 99.7 cm³/mol. The molecule has 0 spiro atoms. The van der Waals surface area contributed by atoms with Crippen LogP contribution in [0.1, 0.15) is 51.9 Å². The fraction of sp³-hybridized carbons (Fsp3) is 0.611. The van der Waals surface area contributed by atoms with Gasteiger partial charge in [-0.2, -0.15) is 10.2 Å². The summed E-state index contributed by atoms with van der Waals surface area (Å²) in [4.78, 5) is 12.3. The van der Waals surface area contributed by atoms with E-state index in [1.807, 2.05) is 37.1 Å². The van der Waals surface area contributed by atoms with Gasteiger partial charge in [-0.05, 0) is 26.3 Å². The molecule has 0 saturated carbocycles. The van der Waals surface area contributed by atoms with Gasteiger partial charge in [0.05, 0.1) is 24.5 Å². The van der Waals surface area contributed by atoms with Crippen molar-refractivity contribution >= 4 is 11.7 Å². The lowest BCUT2D eigenvalue weighted by atomic mass is 9.92. The van der Waals surface area contributed by atoms with E-state index in [9.17, 15) is 4.79 Å². The monoisotopic (exact) mass is 346 g/mol. The summed E-state index contributed by atoms with van der Waals surface area (Å²) in [6.07, 6.45) is 3.84. The fourth-order valence-electron chi connectivity index (χ4n) is 2.45. The fourth-order valence-corrected chi connectivity index (χ4v) is 2.45. The van der Waals surface area contributed by atoms with Crippen molar-refractivity contribution in [3.05, 3.63) is 29.7 Å². The molecule has 0 saturated heterocycles. The van der Waals surface area contributed by atoms with Gasteiger partial charge in [-0.15, -0.1) is 0 Å². The van der Waals surface area contributed by atoms with Crippen molar-refractivity contribution in [3.8, 4) is 0 Å². The van der Waals surface area contributed by atoms with Crippen LogP contribution in [0.25, 0.3) is 0 Å². The summed E-state index contributed by atoms with van der Waals surface area (Å²) >= 11 is 0. The highest BCUT2D eigenvalue weighted by Crippen LogP contribution is 2.23. The molecule has 2 atom stereocenters. The number of hydrogen-bond acceptors (Lipinski definition) is 4. The zero-order chi connectivity index (χ0) is 18.8. The number of nitrogens with one attached hydrogen (secondary N) is 2. The molecule has 2 aromatic heterocycles. The van der Waals surface area contributed by atoms with Gasteiger partial charge in [0.25, 0.3) is 0 Å². The highest BCUT2D eigenvalue weighted by molar-refractivity contribution is 5.91. The van der Waals surface area contributed by atoms with Crippen LogP contribution in [0.2, 0.25) is 0 Å². The predicted octanol–water partition coefficient (Wildman–Crippen LogP) is 2.40. The first-order valence-electron chi connectivity index (χ1n) is 8.66. The van der Waals surface area contributed by atoms with Gasteiger partial charge >= 0.3 is 0 Å². The minimum absolute atomic E-state index is 0.0508. The van der Waals surface area contributed by atoms with Gasteiger partial charge in [0.15, 0.2) is 0 Å². The zero-order valence-electron chi connectivity index (χ0n) is 16.3. The Bertz CT molecular complexity index is 724. The molecular weight excluding hydrogens is 316 g/mol. The number of carbonyl (C=O) groups excluding carboxylic acids is 1. The Morgan fingerprint density at radius 2 is 2.00 bits per heavy atom. The van der Waals surface area contributed by atoms with Crippen LogP contribution < -0.4 is 10.6 Å². The number of nitrogens with zero attached hydrogens (tertiary/aromatic N) is 4. The van der Waals surface area contributed by atoms with Crippen molar-refractivity contribution in [1.82, 2.24) is 24.9 Å². The Balaban J connectivity index is 1.89. The average molecular weight is 346 g/mol. The molecule has 0 fully saturated rings. The van der Waals surface area contributed by atoms with E-state index in [1.54, 1.807) is 4.68 Å². The van der Waals surface area contributed by atoms with Crippen LogP contribution in [-0.2, 0) is 17.3 Å². The highest BCUT2D eigenvalue weighted by atomic mass is 16.2. The first-order valence-corrected chi connectivity index (χ1v) is 8.66. The van der Waals surface area contributed by atoms with Crippen molar-refractivity contribution < 1.29 is 4.79 Å². The van der Waals surface area contributed by atoms with Crippen LogP contribution in [0.3, 0.4) is 0 Å². The van der Waals surface area contributed by atoms with Crippen molar-refractivity contribution in [2.45, 2.75) is 59.0 Å². The molecule has 0 bridgehead atoms. The molecule has 0 aromatic carbocycles. The van der Waals surface area contributed by atoms with Gasteiger partial charge in [0.1, 0.15) is 5.82 Å². The Morgan fingerprint density at radius 3 is 2.52 bits per heavy atom. The summed E-state index contributed by atoms with van der Waals surface area (Å²) in [7, 11) is 1.84. The van der Waals surface area contributed by atoms with E-state index in [0.29, 0.717) is 5.82 Å². The van der Waals surface area contributed by atoms with Crippen molar-refractivity contribution in [1.29, 1.82) is 0 Å². The van der Waals surface area contributed by atoms with Crippen LogP contribution in [0, 0.1) is 6.92 Å². The van der Waals surface area contributed by atoms with Gasteiger partial charge in [-0.25, -0.2) is 0 Å². The topological polar surface area (TPSA) is 76.8 Å². The average Bonchev–Trinajstić information content (AvgIpc) is 3.10. The second kappa shape index (κ2) is 7.39. The largest absolute Gasteiger partial charge is 0.310 e. The van der Waals surface area contributed by atoms with Crippen LogP contribution in [0.15, 0.2) is 18.5 Å². The second-order valence-corrected chi connectivity index (χ2v) is 7.74. The number of aryl methyl sites for hydroxylation is 2. The van der Waals surface area contributed by atoms with E-state index in [0.717, 1.165) is 11.3 Å². The summed E-state index contributed by atoms with van der Waals surface area (Å²) in [6, 6.07) is 2.20. The third kappa shape index (κ3) is 4.92. The highest BCUT2D eigenvalue weighted by Gasteiger charge is 2.20. The Hall–Kier alpha value is -2.15. The van der Waals surface area contributed by atoms with E-state index in [2.05, 4.69) is 55.4 Å². The third-order valence-electron chi connectivity index (χ3n) is 4.37. The van der Waals surface area contributed by atoms with Gasteiger partial charge < -0.3 is 10.6 Å². The number of aromatic nitrogens is 4. The summed E-state index contributed by atoms with van der Waals surface area (Å²) in [5.74, 6) is 0.624. The van der Waals surface area contributed by atoms with Crippen molar-refractivity contribution in [3.63, 3.8) is 0 Å². The smallest absolute Gasteiger partial charge is 0.239 e. The van der Waals surface area contributed by atoms with E-state index < -0.39 is 0 Å². The lowest BCUT2D eigenvalue weighted by Crippen LogP contribution is -2.39. The van der Waals surface area contributed by atoms with Gasteiger partial charge in [0.2, 0.25) is 5.91 Å². The molecule has 2 heterocycles. The van der Waals surface area contributed by atoms with Crippen molar-refractivity contribution in [2.75, 3.05) is 11.9 Å². The van der Waals surface area contributed by atoms with Crippen molar-refractivity contribution in [2.24, 2.45) is 7.05 Å². The lowest BCUT2D eigenvalue weighted by Gasteiger charge is -2.21. The van der Waals surface area contributed by atoms with Crippen LogP contribution in [0.5, 0.6) is 0 Å². The molecular formula is C18H30N6O. The van der Waals surface area contributed by atoms with Gasteiger partial charge in [-0.1, -0.05) is 20.8 Å². The zero-order valence-corrected chi connectivity index (χ0v) is 16.3. The Morgan fingerprint density at radius 1 is 1.32 bits per heavy atom. The number of rotatable bonds is 6. The SMILES string of the molecule is Cc1cnn(C(C)C(C)NCC(=O)Nc2cc(C(C)(C)C)nn2C)c1. The van der Waals surface area contributed by atoms with E-state index in [-0.39, 0.29) is 30.0 Å². The number of amides is 1. The van der Waals surface area contributed by atoms with E-state index in [4.69, 9.17) is 0 Å². The minimum Gasteiger partial charge on any atom is -0.310 e. The molecule has 0 aliphatic heterocycles. The molecule has 0 radical (unpaired) electrons. The molecule has 138 valence electrons. The first-order chi connectivity index (χ1) is 11.6. The molecule has 2 unspecified atom stereocenters. The maximum absolute atomic E-state index is 12.3. The molecule has 2 aromatic rings. The number of hydrogen-bond donors (Lipinski definition) is 2. The van der Waals surface area contributed by atoms with E-state index >= 15 is 0 Å². The number of anilines is 1. The summed E-state index contributed by atoms with van der Waals surface area (Å²) < 4.78 is 3.62. The molecule has 2 N–H and O–H groups in total. The first kappa shape index (κ1) is 19.2. The van der Waals surface area contributed by atoms with Gasteiger partial charge in [-0.3, -0.25) is 14.2 Å². The molecule has 7 heteroatoms. The number of carbonyl (C=O) groups is 1. The maximum Gasteiger partial charge on any atom is 0.239 e. The summed E-state index contributed by atoms with van der Waals surface area (Å²) in [6.45, 7) is 12.7. The molecule has 2 rings (SSSR count). The van der Waals surface area contributed by atoms with E-state index in [1.165, 1.54) is 0 Å². The Kier molecular flexibility index (Phi) is 5.67. The summed E-state index contributed by atoms with van der Waals surface area (Å²) in [5, 5.41) is 15.0. The standard InChI is InChI=1S/C18H30N6O/c1-12-9-20-24(11-12)14(3)13(2)19-10-17(25)21-16-8-15(18(4,5)6)22-23(16)7/h8-9,11,13-14,19H,10H2,1-7H3,(H,21,25). The van der Waals surface area contributed by atoms with Crippen LogP contribution in [-0.4, -0.2) is 38.1 Å². The van der Waals surface area contributed by atoms with Gasteiger partial charge in [0, 0.05) is 30.8 Å². The van der Waals surface area contributed by atoms with Crippen LogP contribution in [0.4, 0.5) is 5.82 Å². The second-order valence-electron chi connectivity index (χ2n) is 7.74. The lowest BCUT2D eigenvalue weighted by molar-refractivity contribution is -0.115. The van der Waals surface area contributed by atoms with Crippen LogP contribution >= 0.6 is 0 Å². The molecule has 1 amide bonds. The molecule has 7 nitrogen and oxygen atoms in total. The Labute approximate surface area is 149 Å². The molecule has 0 aliphatic carbocycles. The maximum atomic E-state index is 12.3. The minimum atomic E-state index is -0.0841.